The van der Waals surface area contributed by atoms with Crippen molar-refractivity contribution in [2.45, 2.75) is 12.3 Å². The minimum atomic E-state index is -0.591. The van der Waals surface area contributed by atoms with E-state index in [1.807, 2.05) is 29.2 Å². The Labute approximate surface area is 112 Å². The standard InChI is InChI=1S/C13H21N3O3/c14-7-12(17)8-15-10-1-3-11(4-2-10)16-5-6-19-9-13(16)18/h1-4,12-13,15,17-18H,5-9,14H2. The number of rotatable bonds is 5. The minimum Gasteiger partial charge on any atom is -0.390 e. The van der Waals surface area contributed by atoms with Crippen molar-refractivity contribution in [3.05, 3.63) is 24.3 Å². The number of hydrogen-bond acceptors (Lipinski definition) is 6. The molecule has 1 saturated heterocycles. The number of aliphatic hydroxyl groups excluding tert-OH is 2. The lowest BCUT2D eigenvalue weighted by atomic mass is 10.2. The van der Waals surface area contributed by atoms with Gasteiger partial charge < -0.3 is 30.9 Å². The van der Waals surface area contributed by atoms with Gasteiger partial charge in [0.2, 0.25) is 0 Å². The third-order valence-corrected chi connectivity index (χ3v) is 3.12. The van der Waals surface area contributed by atoms with Gasteiger partial charge >= 0.3 is 0 Å². The fourth-order valence-electron chi connectivity index (χ4n) is 1.98. The van der Waals surface area contributed by atoms with Gasteiger partial charge in [0.05, 0.1) is 19.3 Å². The average Bonchev–Trinajstić information content (AvgIpc) is 2.46. The summed E-state index contributed by atoms with van der Waals surface area (Å²) in [6.07, 6.45) is -1.13. The highest BCUT2D eigenvalue weighted by Gasteiger charge is 2.20. The number of benzene rings is 1. The third-order valence-electron chi connectivity index (χ3n) is 3.12. The van der Waals surface area contributed by atoms with E-state index in [2.05, 4.69) is 5.32 Å². The van der Waals surface area contributed by atoms with Crippen LogP contribution in [-0.2, 0) is 4.74 Å². The van der Waals surface area contributed by atoms with E-state index in [-0.39, 0.29) is 6.54 Å². The molecule has 5 N–H and O–H groups in total. The molecule has 1 aliphatic rings. The molecule has 1 aromatic carbocycles. The van der Waals surface area contributed by atoms with Gasteiger partial charge in [-0.2, -0.15) is 0 Å². The van der Waals surface area contributed by atoms with Crippen molar-refractivity contribution in [1.29, 1.82) is 0 Å². The topological polar surface area (TPSA) is 91.0 Å². The lowest BCUT2D eigenvalue weighted by Crippen LogP contribution is -2.45. The minimum absolute atomic E-state index is 0.241. The number of hydrogen-bond donors (Lipinski definition) is 4. The Bertz CT molecular complexity index is 385. The Balaban J connectivity index is 1.94. The highest BCUT2D eigenvalue weighted by Crippen LogP contribution is 2.21. The normalized spacial score (nSPS) is 21.2. The van der Waals surface area contributed by atoms with Crippen LogP contribution in [0, 0.1) is 0 Å². The predicted molar refractivity (Wildman–Crippen MR) is 74.2 cm³/mol. The molecule has 2 atom stereocenters. The Morgan fingerprint density at radius 1 is 1.42 bits per heavy atom. The van der Waals surface area contributed by atoms with E-state index in [0.29, 0.717) is 26.3 Å². The Kier molecular flexibility index (Phi) is 4.98. The predicted octanol–water partition coefficient (Wildman–Crippen LogP) is -0.427. The quantitative estimate of drug-likeness (QED) is 0.579. The summed E-state index contributed by atoms with van der Waals surface area (Å²) in [6.45, 7) is 2.31. The summed E-state index contributed by atoms with van der Waals surface area (Å²) in [5.41, 5.74) is 7.21. The molecule has 2 unspecified atom stereocenters. The maximum atomic E-state index is 9.84. The summed E-state index contributed by atoms with van der Waals surface area (Å²) in [7, 11) is 0. The summed E-state index contributed by atoms with van der Waals surface area (Å²) < 4.78 is 5.19. The van der Waals surface area contributed by atoms with Gasteiger partial charge in [-0.15, -0.1) is 0 Å². The lowest BCUT2D eigenvalue weighted by molar-refractivity contribution is 0.00633. The van der Waals surface area contributed by atoms with Crippen LogP contribution in [0.15, 0.2) is 24.3 Å². The van der Waals surface area contributed by atoms with Gasteiger partial charge in [0.25, 0.3) is 0 Å². The zero-order valence-corrected chi connectivity index (χ0v) is 10.8. The second-order valence-corrected chi connectivity index (χ2v) is 4.57. The van der Waals surface area contributed by atoms with E-state index < -0.39 is 12.3 Å². The summed E-state index contributed by atoms with van der Waals surface area (Å²) in [6, 6.07) is 7.71. The van der Waals surface area contributed by atoms with Gasteiger partial charge in [-0.3, -0.25) is 0 Å². The first-order valence-electron chi connectivity index (χ1n) is 6.45. The van der Waals surface area contributed by atoms with Crippen LogP contribution < -0.4 is 16.0 Å². The van der Waals surface area contributed by atoms with Gasteiger partial charge in [0.15, 0.2) is 6.23 Å². The third kappa shape index (κ3) is 3.81. The fourth-order valence-corrected chi connectivity index (χ4v) is 1.98. The van der Waals surface area contributed by atoms with Gasteiger partial charge in [-0.1, -0.05) is 0 Å². The monoisotopic (exact) mass is 267 g/mol. The molecule has 1 fully saturated rings. The molecule has 0 radical (unpaired) electrons. The molecule has 1 heterocycles. The van der Waals surface area contributed by atoms with E-state index in [0.717, 1.165) is 11.4 Å². The van der Waals surface area contributed by atoms with Crippen molar-refractivity contribution in [3.8, 4) is 0 Å². The zero-order valence-electron chi connectivity index (χ0n) is 10.8. The van der Waals surface area contributed by atoms with Crippen molar-refractivity contribution >= 4 is 11.4 Å². The summed E-state index contributed by atoms with van der Waals surface area (Å²) in [4.78, 5) is 1.90. The van der Waals surface area contributed by atoms with E-state index in [1.165, 1.54) is 0 Å². The Hall–Kier alpha value is -1.34. The molecule has 0 spiro atoms. The molecule has 2 rings (SSSR count). The maximum absolute atomic E-state index is 9.84. The van der Waals surface area contributed by atoms with E-state index >= 15 is 0 Å². The van der Waals surface area contributed by atoms with Gasteiger partial charge in [0, 0.05) is 31.0 Å². The van der Waals surface area contributed by atoms with Crippen molar-refractivity contribution in [2.75, 3.05) is 43.1 Å². The van der Waals surface area contributed by atoms with Crippen molar-refractivity contribution < 1.29 is 14.9 Å². The summed E-state index contributed by atoms with van der Waals surface area (Å²) >= 11 is 0. The number of nitrogens with zero attached hydrogens (tertiary/aromatic N) is 1. The van der Waals surface area contributed by atoms with E-state index in [4.69, 9.17) is 10.5 Å². The largest absolute Gasteiger partial charge is 0.390 e. The number of nitrogens with one attached hydrogen (secondary N) is 1. The van der Waals surface area contributed by atoms with Crippen LogP contribution >= 0.6 is 0 Å². The molecule has 6 heteroatoms. The van der Waals surface area contributed by atoms with Crippen LogP contribution in [0.5, 0.6) is 0 Å². The van der Waals surface area contributed by atoms with Crippen LogP contribution in [0.1, 0.15) is 0 Å². The van der Waals surface area contributed by atoms with Gasteiger partial charge in [-0.25, -0.2) is 0 Å². The molecule has 19 heavy (non-hydrogen) atoms. The smallest absolute Gasteiger partial charge is 0.150 e. The highest BCUT2D eigenvalue weighted by molar-refractivity contribution is 5.55. The van der Waals surface area contributed by atoms with Crippen LogP contribution in [-0.4, -0.2) is 55.4 Å². The molecule has 0 amide bonds. The Morgan fingerprint density at radius 2 is 2.16 bits per heavy atom. The first-order valence-corrected chi connectivity index (χ1v) is 6.45. The number of anilines is 2. The molecular weight excluding hydrogens is 246 g/mol. The van der Waals surface area contributed by atoms with E-state index in [1.54, 1.807) is 0 Å². The van der Waals surface area contributed by atoms with Crippen molar-refractivity contribution in [1.82, 2.24) is 0 Å². The SMILES string of the molecule is NCC(O)CNc1ccc(N2CCOCC2O)cc1. The van der Waals surface area contributed by atoms with Crippen molar-refractivity contribution in [2.24, 2.45) is 5.73 Å². The average molecular weight is 267 g/mol. The first kappa shape index (κ1) is 14.1. The fraction of sp³-hybridized carbons (Fsp3) is 0.538. The summed E-state index contributed by atoms with van der Waals surface area (Å²) in [5, 5.41) is 22.3. The lowest BCUT2D eigenvalue weighted by Gasteiger charge is -2.33. The van der Waals surface area contributed by atoms with Crippen LogP contribution in [0.25, 0.3) is 0 Å². The second kappa shape index (κ2) is 6.72. The molecular formula is C13H21N3O3. The molecule has 106 valence electrons. The molecule has 1 aromatic rings. The molecule has 6 nitrogen and oxygen atoms in total. The molecule has 0 aliphatic carbocycles. The zero-order chi connectivity index (χ0) is 13.7. The molecule has 1 aliphatic heterocycles. The first-order chi connectivity index (χ1) is 9.20. The Morgan fingerprint density at radius 3 is 2.79 bits per heavy atom. The molecule has 0 saturated carbocycles. The van der Waals surface area contributed by atoms with Crippen LogP contribution in [0.2, 0.25) is 0 Å². The van der Waals surface area contributed by atoms with E-state index in [9.17, 15) is 10.2 Å². The van der Waals surface area contributed by atoms with Crippen LogP contribution in [0.3, 0.4) is 0 Å². The van der Waals surface area contributed by atoms with Crippen molar-refractivity contribution in [3.63, 3.8) is 0 Å². The van der Waals surface area contributed by atoms with Gasteiger partial charge in [-0.05, 0) is 24.3 Å². The van der Waals surface area contributed by atoms with Crippen LogP contribution in [0.4, 0.5) is 11.4 Å². The number of aliphatic hydroxyl groups is 2. The number of ether oxygens (including phenoxy) is 1. The number of morpholine rings is 1. The highest BCUT2D eigenvalue weighted by atomic mass is 16.5. The second-order valence-electron chi connectivity index (χ2n) is 4.57. The molecule has 0 bridgehead atoms. The molecule has 0 aromatic heterocycles. The summed E-state index contributed by atoms with van der Waals surface area (Å²) in [5.74, 6) is 0. The maximum Gasteiger partial charge on any atom is 0.150 e. The number of nitrogens with two attached hydrogens (primary N) is 1. The van der Waals surface area contributed by atoms with Gasteiger partial charge in [0.1, 0.15) is 0 Å².